The molecule has 0 aromatic heterocycles. The van der Waals surface area contributed by atoms with Crippen LogP contribution in [-0.2, 0) is 0 Å². The zero-order valence-electron chi connectivity index (χ0n) is 14.9. The van der Waals surface area contributed by atoms with E-state index in [4.69, 9.17) is 14.2 Å². The van der Waals surface area contributed by atoms with Crippen LogP contribution in [0.5, 0.6) is 23.0 Å². The average molecular weight is 344 g/mol. The van der Waals surface area contributed by atoms with E-state index in [0.717, 1.165) is 5.56 Å². The number of benzene rings is 2. The van der Waals surface area contributed by atoms with E-state index < -0.39 is 12.2 Å². The number of methoxy groups -OCH3 is 2. The maximum atomic E-state index is 10.5. The van der Waals surface area contributed by atoms with Gasteiger partial charge in [0.2, 0.25) is 0 Å². The van der Waals surface area contributed by atoms with Gasteiger partial charge in [-0.25, -0.2) is 0 Å². The molecule has 0 aliphatic carbocycles. The standard InChI is InChI=1S/C20H24O5/c1-5-6-14-7-10-17(19(11-14)24-4)25-13(2)20(22)15-8-9-16(21)18(12-15)23-3/h5-13,20-22H,1-4H3/t13-,20-/m0/s1. The summed E-state index contributed by atoms with van der Waals surface area (Å²) in [6.45, 7) is 3.71. The van der Waals surface area contributed by atoms with Gasteiger partial charge >= 0.3 is 0 Å². The lowest BCUT2D eigenvalue weighted by molar-refractivity contribution is 0.0450. The van der Waals surface area contributed by atoms with Crippen LogP contribution in [0.25, 0.3) is 6.08 Å². The molecule has 5 heteroatoms. The zero-order valence-corrected chi connectivity index (χ0v) is 14.9. The second kappa shape index (κ2) is 8.44. The quantitative estimate of drug-likeness (QED) is 0.796. The molecular weight excluding hydrogens is 320 g/mol. The van der Waals surface area contributed by atoms with Crippen molar-refractivity contribution in [2.24, 2.45) is 0 Å². The van der Waals surface area contributed by atoms with Crippen molar-refractivity contribution in [3.63, 3.8) is 0 Å². The normalized spacial score (nSPS) is 13.5. The summed E-state index contributed by atoms with van der Waals surface area (Å²) >= 11 is 0. The first-order valence-electron chi connectivity index (χ1n) is 8.02. The third-order valence-electron chi connectivity index (χ3n) is 3.85. The van der Waals surface area contributed by atoms with E-state index in [-0.39, 0.29) is 5.75 Å². The number of aliphatic hydroxyl groups is 1. The molecule has 2 atom stereocenters. The van der Waals surface area contributed by atoms with Gasteiger partial charge in [-0.05, 0) is 49.2 Å². The average Bonchev–Trinajstić information content (AvgIpc) is 2.62. The maximum absolute atomic E-state index is 10.5. The van der Waals surface area contributed by atoms with E-state index in [1.807, 2.05) is 37.3 Å². The van der Waals surface area contributed by atoms with Gasteiger partial charge in [-0.3, -0.25) is 0 Å². The Morgan fingerprint density at radius 2 is 1.68 bits per heavy atom. The Labute approximate surface area is 148 Å². The van der Waals surface area contributed by atoms with Gasteiger partial charge in [0.25, 0.3) is 0 Å². The summed E-state index contributed by atoms with van der Waals surface area (Å²) in [4.78, 5) is 0. The van der Waals surface area contributed by atoms with Crippen molar-refractivity contribution in [1.29, 1.82) is 0 Å². The Kier molecular flexibility index (Phi) is 6.31. The highest BCUT2D eigenvalue weighted by Crippen LogP contribution is 2.34. The molecule has 0 aliphatic rings. The first-order valence-corrected chi connectivity index (χ1v) is 8.02. The van der Waals surface area contributed by atoms with Crippen molar-refractivity contribution >= 4 is 6.08 Å². The molecule has 0 radical (unpaired) electrons. The fourth-order valence-electron chi connectivity index (χ4n) is 2.49. The lowest BCUT2D eigenvalue weighted by Gasteiger charge is -2.22. The van der Waals surface area contributed by atoms with Crippen molar-refractivity contribution in [2.75, 3.05) is 14.2 Å². The van der Waals surface area contributed by atoms with Crippen molar-refractivity contribution in [3.05, 3.63) is 53.6 Å². The molecule has 0 saturated carbocycles. The zero-order chi connectivity index (χ0) is 18.4. The second-order valence-corrected chi connectivity index (χ2v) is 5.61. The predicted octanol–water partition coefficient (Wildman–Crippen LogP) is 3.94. The Hall–Kier alpha value is -2.66. The Balaban J connectivity index is 2.19. The van der Waals surface area contributed by atoms with Gasteiger partial charge in [0.05, 0.1) is 14.2 Å². The van der Waals surface area contributed by atoms with E-state index in [0.29, 0.717) is 22.8 Å². The number of ether oxygens (including phenoxy) is 3. The molecule has 2 aromatic rings. The largest absolute Gasteiger partial charge is 0.504 e. The lowest BCUT2D eigenvalue weighted by atomic mass is 10.0. The maximum Gasteiger partial charge on any atom is 0.161 e. The number of hydrogen-bond acceptors (Lipinski definition) is 5. The van der Waals surface area contributed by atoms with Gasteiger partial charge in [0.1, 0.15) is 12.2 Å². The Bertz CT molecular complexity index is 739. The molecule has 0 bridgehead atoms. The first-order chi connectivity index (χ1) is 12.0. The van der Waals surface area contributed by atoms with Crippen LogP contribution in [0, 0.1) is 0 Å². The third-order valence-corrected chi connectivity index (χ3v) is 3.85. The lowest BCUT2D eigenvalue weighted by Crippen LogP contribution is -2.22. The molecule has 0 aliphatic heterocycles. The molecule has 2 N–H and O–H groups in total. The molecular formula is C20H24O5. The number of aliphatic hydroxyl groups excluding tert-OH is 1. The van der Waals surface area contributed by atoms with Crippen LogP contribution in [-0.4, -0.2) is 30.5 Å². The minimum absolute atomic E-state index is 0.0215. The van der Waals surface area contributed by atoms with Gasteiger partial charge < -0.3 is 24.4 Å². The summed E-state index contributed by atoms with van der Waals surface area (Å²) in [5.74, 6) is 1.47. The van der Waals surface area contributed by atoms with Crippen LogP contribution in [0.15, 0.2) is 42.5 Å². The van der Waals surface area contributed by atoms with Crippen molar-refractivity contribution in [3.8, 4) is 23.0 Å². The fourth-order valence-corrected chi connectivity index (χ4v) is 2.49. The van der Waals surface area contributed by atoms with E-state index >= 15 is 0 Å². The van der Waals surface area contributed by atoms with Crippen LogP contribution in [0.2, 0.25) is 0 Å². The van der Waals surface area contributed by atoms with E-state index in [1.54, 1.807) is 26.2 Å². The minimum atomic E-state index is -0.894. The molecule has 2 rings (SSSR count). The molecule has 134 valence electrons. The summed E-state index contributed by atoms with van der Waals surface area (Å²) in [5.41, 5.74) is 1.59. The summed E-state index contributed by atoms with van der Waals surface area (Å²) in [6, 6.07) is 10.3. The Morgan fingerprint density at radius 1 is 0.960 bits per heavy atom. The number of phenolic OH excluding ortho intramolecular Hbond substituents is 1. The fraction of sp³-hybridized carbons (Fsp3) is 0.300. The molecule has 0 spiro atoms. The second-order valence-electron chi connectivity index (χ2n) is 5.61. The summed E-state index contributed by atoms with van der Waals surface area (Å²) in [6.07, 6.45) is 2.48. The van der Waals surface area contributed by atoms with Gasteiger partial charge in [-0.1, -0.05) is 24.3 Å². The molecule has 0 amide bonds. The van der Waals surface area contributed by atoms with Crippen molar-refractivity contribution in [1.82, 2.24) is 0 Å². The summed E-state index contributed by atoms with van der Waals surface area (Å²) in [7, 11) is 3.04. The van der Waals surface area contributed by atoms with Gasteiger partial charge in [0.15, 0.2) is 23.0 Å². The SMILES string of the molecule is CC=Cc1ccc(O[C@@H](C)[C@H](O)c2ccc(O)c(OC)c2)c(OC)c1. The van der Waals surface area contributed by atoms with Crippen LogP contribution in [0.4, 0.5) is 0 Å². The van der Waals surface area contributed by atoms with E-state index in [1.165, 1.54) is 13.2 Å². The highest BCUT2D eigenvalue weighted by molar-refractivity contribution is 5.55. The molecule has 0 heterocycles. The van der Waals surface area contributed by atoms with Gasteiger partial charge in [0, 0.05) is 0 Å². The number of phenols is 1. The number of aromatic hydroxyl groups is 1. The Morgan fingerprint density at radius 3 is 2.32 bits per heavy atom. The minimum Gasteiger partial charge on any atom is -0.504 e. The van der Waals surface area contributed by atoms with Crippen LogP contribution < -0.4 is 14.2 Å². The summed E-state index contributed by atoms with van der Waals surface area (Å²) in [5, 5.41) is 20.2. The van der Waals surface area contributed by atoms with Crippen molar-refractivity contribution in [2.45, 2.75) is 26.1 Å². The topological polar surface area (TPSA) is 68.2 Å². The highest BCUT2D eigenvalue weighted by Gasteiger charge is 2.21. The number of allylic oxidation sites excluding steroid dienone is 1. The summed E-state index contributed by atoms with van der Waals surface area (Å²) < 4.78 is 16.3. The van der Waals surface area contributed by atoms with Gasteiger partial charge in [-0.2, -0.15) is 0 Å². The number of rotatable bonds is 7. The molecule has 25 heavy (non-hydrogen) atoms. The van der Waals surface area contributed by atoms with E-state index in [2.05, 4.69) is 0 Å². The predicted molar refractivity (Wildman–Crippen MR) is 97.4 cm³/mol. The van der Waals surface area contributed by atoms with Crippen LogP contribution in [0.3, 0.4) is 0 Å². The van der Waals surface area contributed by atoms with E-state index in [9.17, 15) is 10.2 Å². The molecule has 0 unspecified atom stereocenters. The molecule has 0 saturated heterocycles. The molecule has 0 fully saturated rings. The highest BCUT2D eigenvalue weighted by atomic mass is 16.5. The number of hydrogen-bond donors (Lipinski definition) is 2. The first kappa shape index (κ1) is 18.7. The molecule has 2 aromatic carbocycles. The molecule has 5 nitrogen and oxygen atoms in total. The smallest absolute Gasteiger partial charge is 0.161 e. The van der Waals surface area contributed by atoms with Gasteiger partial charge in [-0.15, -0.1) is 0 Å². The van der Waals surface area contributed by atoms with Crippen LogP contribution >= 0.6 is 0 Å². The van der Waals surface area contributed by atoms with Crippen LogP contribution in [0.1, 0.15) is 31.1 Å². The monoisotopic (exact) mass is 344 g/mol. The third kappa shape index (κ3) is 4.45. The van der Waals surface area contributed by atoms with Crippen molar-refractivity contribution < 1.29 is 24.4 Å².